The van der Waals surface area contributed by atoms with Gasteiger partial charge in [0.15, 0.2) is 6.29 Å². The Bertz CT molecular complexity index is 226. The molecule has 16 heavy (non-hydrogen) atoms. The minimum atomic E-state index is -1.51. The second-order valence-electron chi connectivity index (χ2n) is 4.96. The first-order chi connectivity index (χ1) is 7.22. The molecule has 0 aliphatic carbocycles. The molecule has 1 saturated heterocycles. The molecule has 0 aromatic rings. The highest BCUT2D eigenvalue weighted by Crippen LogP contribution is 2.21. The number of hydrogen-bond acceptors (Lipinski definition) is 6. The average Bonchev–Trinajstić information content (AvgIpc) is 2.17. The topological polar surface area (TPSA) is 99.4 Å². The predicted octanol–water partition coefficient (Wildman–Crippen LogP) is -1.40. The molecule has 0 amide bonds. The van der Waals surface area contributed by atoms with Crippen molar-refractivity contribution in [2.45, 2.75) is 57.1 Å². The molecule has 4 N–H and O–H groups in total. The Morgan fingerprint density at radius 3 is 2.06 bits per heavy atom. The van der Waals surface area contributed by atoms with E-state index in [0.717, 1.165) is 0 Å². The van der Waals surface area contributed by atoms with Gasteiger partial charge in [-0.2, -0.15) is 0 Å². The lowest BCUT2D eigenvalue weighted by atomic mass is 9.99. The van der Waals surface area contributed by atoms with Gasteiger partial charge in [0.1, 0.15) is 24.4 Å². The Labute approximate surface area is 94.4 Å². The van der Waals surface area contributed by atoms with Crippen LogP contribution in [0.4, 0.5) is 0 Å². The van der Waals surface area contributed by atoms with Gasteiger partial charge in [0.25, 0.3) is 0 Å². The summed E-state index contributed by atoms with van der Waals surface area (Å²) in [5, 5.41) is 37.5. The fourth-order valence-electron chi connectivity index (χ4n) is 1.40. The molecule has 1 unspecified atom stereocenters. The Morgan fingerprint density at radius 1 is 1.00 bits per heavy atom. The Kier molecular flexibility index (Phi) is 4.28. The van der Waals surface area contributed by atoms with Gasteiger partial charge in [0.2, 0.25) is 0 Å². The maximum atomic E-state index is 9.60. The first-order valence-electron chi connectivity index (χ1n) is 5.24. The van der Waals surface area contributed by atoms with Crippen LogP contribution in [0.1, 0.15) is 20.8 Å². The van der Waals surface area contributed by atoms with E-state index in [1.165, 1.54) is 0 Å². The van der Waals surface area contributed by atoms with E-state index in [4.69, 9.17) is 9.47 Å². The van der Waals surface area contributed by atoms with E-state index in [1.54, 1.807) is 0 Å². The molecular formula is C10H20O6. The lowest BCUT2D eigenvalue weighted by molar-refractivity contribution is -0.292. The van der Waals surface area contributed by atoms with Crippen molar-refractivity contribution >= 4 is 0 Å². The van der Waals surface area contributed by atoms with Crippen molar-refractivity contribution in [1.29, 1.82) is 0 Å². The fraction of sp³-hybridized carbons (Fsp3) is 1.00. The zero-order valence-corrected chi connectivity index (χ0v) is 9.70. The van der Waals surface area contributed by atoms with E-state index in [1.807, 2.05) is 20.8 Å². The number of rotatable bonds is 2. The minimum absolute atomic E-state index is 0.0332. The van der Waals surface area contributed by atoms with Gasteiger partial charge >= 0.3 is 0 Å². The highest BCUT2D eigenvalue weighted by Gasteiger charge is 2.43. The molecule has 1 aliphatic rings. The summed E-state index contributed by atoms with van der Waals surface area (Å²) >= 11 is 0. The van der Waals surface area contributed by atoms with Crippen LogP contribution in [0.3, 0.4) is 0 Å². The van der Waals surface area contributed by atoms with Crippen LogP contribution in [0.2, 0.25) is 0 Å². The van der Waals surface area contributed by atoms with Crippen molar-refractivity contribution in [2.24, 2.45) is 0 Å². The van der Waals surface area contributed by atoms with Crippen molar-refractivity contribution in [3.05, 3.63) is 0 Å². The van der Waals surface area contributed by atoms with Gasteiger partial charge < -0.3 is 29.9 Å². The van der Waals surface area contributed by atoms with E-state index in [2.05, 4.69) is 0 Å². The molecule has 0 radical (unpaired) electrons. The Morgan fingerprint density at radius 2 is 1.56 bits per heavy atom. The van der Waals surface area contributed by atoms with Crippen molar-refractivity contribution < 1.29 is 29.9 Å². The molecule has 0 bridgehead atoms. The van der Waals surface area contributed by atoms with Gasteiger partial charge in [-0.1, -0.05) is 0 Å². The van der Waals surface area contributed by atoms with E-state index in [0.29, 0.717) is 0 Å². The highest BCUT2D eigenvalue weighted by atomic mass is 16.6. The van der Waals surface area contributed by atoms with Crippen molar-refractivity contribution in [1.82, 2.24) is 0 Å². The first kappa shape index (κ1) is 13.8. The highest BCUT2D eigenvalue weighted by molar-refractivity contribution is 4.88. The van der Waals surface area contributed by atoms with Crippen LogP contribution < -0.4 is 0 Å². The molecular weight excluding hydrogens is 216 g/mol. The molecule has 1 fully saturated rings. The molecule has 0 aromatic carbocycles. The van der Waals surface area contributed by atoms with Crippen LogP contribution in [0.15, 0.2) is 0 Å². The van der Waals surface area contributed by atoms with Gasteiger partial charge in [-0.15, -0.1) is 0 Å². The molecule has 5 atom stereocenters. The second-order valence-corrected chi connectivity index (χ2v) is 4.96. The van der Waals surface area contributed by atoms with Gasteiger partial charge in [-0.25, -0.2) is 0 Å². The van der Waals surface area contributed by atoms with Crippen LogP contribution in [0.25, 0.3) is 0 Å². The third-order valence-corrected chi connectivity index (χ3v) is 2.37. The summed E-state index contributed by atoms with van der Waals surface area (Å²) in [5.74, 6) is 0. The zero-order chi connectivity index (χ0) is 12.5. The normalized spacial score (nSPS) is 41.1. The SMILES string of the molecule is CC(C)(C)OC[C@H]1OC(O)[C@H](O)[C@@H](O)[C@@H]1O. The van der Waals surface area contributed by atoms with E-state index in [9.17, 15) is 20.4 Å². The van der Waals surface area contributed by atoms with Crippen LogP contribution in [0, 0.1) is 0 Å². The number of aliphatic hydroxyl groups is 4. The molecule has 1 heterocycles. The van der Waals surface area contributed by atoms with Crippen molar-refractivity contribution in [3.8, 4) is 0 Å². The third-order valence-electron chi connectivity index (χ3n) is 2.37. The molecule has 1 aliphatic heterocycles. The van der Waals surface area contributed by atoms with Crippen molar-refractivity contribution in [3.63, 3.8) is 0 Å². The van der Waals surface area contributed by atoms with E-state index < -0.39 is 36.3 Å². The third kappa shape index (κ3) is 3.38. The smallest absolute Gasteiger partial charge is 0.184 e. The molecule has 0 saturated carbocycles. The second kappa shape index (κ2) is 4.95. The molecule has 6 nitrogen and oxygen atoms in total. The van der Waals surface area contributed by atoms with Crippen LogP contribution in [-0.4, -0.2) is 63.3 Å². The molecule has 96 valence electrons. The average molecular weight is 236 g/mol. The van der Waals surface area contributed by atoms with E-state index >= 15 is 0 Å². The summed E-state index contributed by atoms with van der Waals surface area (Å²) < 4.78 is 10.3. The summed E-state index contributed by atoms with van der Waals surface area (Å²) in [5.41, 5.74) is -0.408. The van der Waals surface area contributed by atoms with Crippen LogP contribution in [-0.2, 0) is 9.47 Å². The first-order valence-corrected chi connectivity index (χ1v) is 5.24. The maximum absolute atomic E-state index is 9.60. The largest absolute Gasteiger partial charge is 0.387 e. The number of hydrogen-bond donors (Lipinski definition) is 4. The Hall–Kier alpha value is -0.240. The standard InChI is InChI=1S/C10H20O6/c1-10(2,3)15-4-5-6(11)7(12)8(13)9(14)16-5/h5-9,11-14H,4H2,1-3H3/t5-,6-,7+,8-,9?/m1/s1. The quantitative estimate of drug-likeness (QED) is 0.471. The van der Waals surface area contributed by atoms with Crippen molar-refractivity contribution in [2.75, 3.05) is 6.61 Å². The summed E-state index contributed by atoms with van der Waals surface area (Å²) in [4.78, 5) is 0. The summed E-state index contributed by atoms with van der Waals surface area (Å²) in [7, 11) is 0. The number of ether oxygens (including phenoxy) is 2. The number of aliphatic hydroxyl groups excluding tert-OH is 4. The molecule has 0 aromatic heterocycles. The fourth-order valence-corrected chi connectivity index (χ4v) is 1.40. The Balaban J connectivity index is 2.54. The predicted molar refractivity (Wildman–Crippen MR) is 54.6 cm³/mol. The van der Waals surface area contributed by atoms with Gasteiger partial charge in [0, 0.05) is 0 Å². The molecule has 0 spiro atoms. The summed E-state index contributed by atoms with van der Waals surface area (Å²) in [6, 6.07) is 0. The molecule has 6 heteroatoms. The minimum Gasteiger partial charge on any atom is -0.387 e. The summed E-state index contributed by atoms with van der Waals surface area (Å²) in [6.45, 7) is 5.54. The molecule has 1 rings (SSSR count). The van der Waals surface area contributed by atoms with E-state index in [-0.39, 0.29) is 6.61 Å². The van der Waals surface area contributed by atoms with Crippen LogP contribution in [0.5, 0.6) is 0 Å². The zero-order valence-electron chi connectivity index (χ0n) is 9.70. The van der Waals surface area contributed by atoms with Gasteiger partial charge in [0.05, 0.1) is 12.2 Å². The maximum Gasteiger partial charge on any atom is 0.184 e. The van der Waals surface area contributed by atoms with Gasteiger partial charge in [-0.3, -0.25) is 0 Å². The van der Waals surface area contributed by atoms with Gasteiger partial charge in [-0.05, 0) is 20.8 Å². The summed E-state index contributed by atoms with van der Waals surface area (Å²) in [6.07, 6.45) is -6.57. The monoisotopic (exact) mass is 236 g/mol. The lowest BCUT2D eigenvalue weighted by Crippen LogP contribution is -2.58. The lowest BCUT2D eigenvalue weighted by Gasteiger charge is -2.39. The van der Waals surface area contributed by atoms with Crippen LogP contribution >= 0.6 is 0 Å².